The number of aromatic nitrogens is 3. The first-order valence-corrected chi connectivity index (χ1v) is 8.77. The summed E-state index contributed by atoms with van der Waals surface area (Å²) in [5.74, 6) is 2.43. The van der Waals surface area contributed by atoms with Crippen molar-refractivity contribution in [3.63, 3.8) is 0 Å². The average Bonchev–Trinajstić information content (AvgIpc) is 3.23. The lowest BCUT2D eigenvalue weighted by Crippen LogP contribution is -2.24. The molecule has 1 N–H and O–H groups in total. The molecule has 132 valence electrons. The fourth-order valence-corrected chi connectivity index (χ4v) is 3.45. The van der Waals surface area contributed by atoms with E-state index in [-0.39, 0.29) is 6.04 Å². The molecule has 7 heteroatoms. The molecule has 0 radical (unpaired) electrons. The summed E-state index contributed by atoms with van der Waals surface area (Å²) in [6.45, 7) is 2.72. The van der Waals surface area contributed by atoms with Crippen molar-refractivity contribution in [1.29, 1.82) is 0 Å². The first-order chi connectivity index (χ1) is 12.1. The van der Waals surface area contributed by atoms with Gasteiger partial charge >= 0.3 is 0 Å². The molecule has 1 unspecified atom stereocenters. The average molecular weight is 358 g/mol. The van der Waals surface area contributed by atoms with E-state index in [9.17, 15) is 0 Å². The Balaban J connectivity index is 1.95. The zero-order chi connectivity index (χ0) is 17.8. The van der Waals surface area contributed by atoms with Crippen molar-refractivity contribution >= 4 is 11.3 Å². The molecule has 1 aromatic carbocycles. The van der Waals surface area contributed by atoms with Gasteiger partial charge in [-0.3, -0.25) is 5.32 Å². The van der Waals surface area contributed by atoms with Gasteiger partial charge in [-0.15, -0.1) is 11.3 Å². The van der Waals surface area contributed by atoms with Crippen LogP contribution in [0.5, 0.6) is 11.5 Å². The van der Waals surface area contributed by atoms with Crippen molar-refractivity contribution in [3.05, 3.63) is 58.1 Å². The van der Waals surface area contributed by atoms with Crippen LogP contribution in [0.25, 0.3) is 0 Å². The number of thiazole rings is 1. The van der Waals surface area contributed by atoms with E-state index in [1.165, 1.54) is 4.88 Å². The highest BCUT2D eigenvalue weighted by Gasteiger charge is 2.20. The first kappa shape index (κ1) is 17.4. The Hall–Kier alpha value is -2.38. The lowest BCUT2D eigenvalue weighted by Gasteiger charge is -2.20. The van der Waals surface area contributed by atoms with E-state index in [1.807, 2.05) is 49.1 Å². The van der Waals surface area contributed by atoms with Crippen LogP contribution >= 0.6 is 11.3 Å². The fraction of sp³-hybridized carbons (Fsp3) is 0.333. The van der Waals surface area contributed by atoms with E-state index in [0.29, 0.717) is 6.54 Å². The number of methoxy groups -OCH3 is 2. The highest BCUT2D eigenvalue weighted by atomic mass is 32.1. The highest BCUT2D eigenvalue weighted by Crippen LogP contribution is 2.29. The monoisotopic (exact) mass is 358 g/mol. The Labute approximate surface area is 151 Å². The largest absolute Gasteiger partial charge is 0.497 e. The summed E-state index contributed by atoms with van der Waals surface area (Å²) in [6.07, 6.45) is 5.66. The van der Waals surface area contributed by atoms with Gasteiger partial charge < -0.3 is 14.0 Å². The first-order valence-electron chi connectivity index (χ1n) is 7.95. The molecule has 2 aromatic heterocycles. The van der Waals surface area contributed by atoms with Crippen molar-refractivity contribution in [2.45, 2.75) is 19.5 Å². The third kappa shape index (κ3) is 4.00. The quantitative estimate of drug-likeness (QED) is 0.703. The molecule has 3 aromatic rings. The molecule has 6 nitrogen and oxygen atoms in total. The number of benzene rings is 1. The number of ether oxygens (including phenoxy) is 2. The highest BCUT2D eigenvalue weighted by molar-refractivity contribution is 7.11. The van der Waals surface area contributed by atoms with E-state index in [1.54, 1.807) is 31.8 Å². The molecule has 0 saturated carbocycles. The predicted molar refractivity (Wildman–Crippen MR) is 98.3 cm³/mol. The van der Waals surface area contributed by atoms with E-state index >= 15 is 0 Å². The number of rotatable bonds is 7. The van der Waals surface area contributed by atoms with Gasteiger partial charge in [-0.05, 0) is 24.6 Å². The smallest absolute Gasteiger partial charge is 0.130 e. The van der Waals surface area contributed by atoms with Gasteiger partial charge in [0.25, 0.3) is 0 Å². The second-order valence-electron chi connectivity index (χ2n) is 5.70. The van der Waals surface area contributed by atoms with Crippen LogP contribution in [0.4, 0.5) is 0 Å². The van der Waals surface area contributed by atoms with Crippen molar-refractivity contribution in [1.82, 2.24) is 19.9 Å². The molecule has 0 bridgehead atoms. The second-order valence-corrected chi connectivity index (χ2v) is 7.02. The van der Waals surface area contributed by atoms with Crippen LogP contribution < -0.4 is 14.8 Å². The van der Waals surface area contributed by atoms with Crippen molar-refractivity contribution < 1.29 is 9.47 Å². The minimum absolute atomic E-state index is 0.0913. The van der Waals surface area contributed by atoms with Crippen molar-refractivity contribution in [3.8, 4) is 11.5 Å². The lowest BCUT2D eigenvalue weighted by atomic mass is 10.0. The van der Waals surface area contributed by atoms with E-state index < -0.39 is 0 Å². The molecule has 2 heterocycles. The zero-order valence-corrected chi connectivity index (χ0v) is 15.6. The fourth-order valence-electron chi connectivity index (χ4n) is 2.70. The molecular formula is C18H22N4O2S. The minimum atomic E-state index is -0.0913. The standard InChI is InChI=1S/C18H22N4O2S/c1-12-20-10-16(25-12)11-21-17(18-19-5-6-22(18)2)13-7-14(23-3)9-15(8-13)24-4/h5-10,17,21H,11H2,1-4H3. The predicted octanol–water partition coefficient (Wildman–Crippen LogP) is 3.08. The molecule has 0 spiro atoms. The Morgan fingerprint density at radius 3 is 2.40 bits per heavy atom. The maximum atomic E-state index is 5.42. The lowest BCUT2D eigenvalue weighted by molar-refractivity contribution is 0.392. The molecule has 0 saturated heterocycles. The summed E-state index contributed by atoms with van der Waals surface area (Å²) < 4.78 is 12.9. The van der Waals surface area contributed by atoms with Gasteiger partial charge in [0.15, 0.2) is 0 Å². The Bertz CT molecular complexity index is 821. The third-order valence-electron chi connectivity index (χ3n) is 3.97. The molecule has 0 aliphatic rings. The maximum absolute atomic E-state index is 5.42. The topological polar surface area (TPSA) is 61.2 Å². The SMILES string of the molecule is COc1cc(OC)cc(C(NCc2cnc(C)s2)c2nccn2C)c1. The van der Waals surface area contributed by atoms with Crippen molar-refractivity contribution in [2.75, 3.05) is 14.2 Å². The van der Waals surface area contributed by atoms with Crippen LogP contribution in [0.3, 0.4) is 0 Å². The Kier molecular flexibility index (Phi) is 5.35. The van der Waals surface area contributed by atoms with Gasteiger partial charge in [0.2, 0.25) is 0 Å². The molecule has 0 aliphatic heterocycles. The van der Waals surface area contributed by atoms with Crippen LogP contribution in [-0.4, -0.2) is 28.8 Å². The second kappa shape index (κ2) is 7.67. The van der Waals surface area contributed by atoms with Gasteiger partial charge in [0.05, 0.1) is 25.3 Å². The summed E-state index contributed by atoms with van der Waals surface area (Å²) in [4.78, 5) is 10.0. The Morgan fingerprint density at radius 1 is 1.16 bits per heavy atom. The molecular weight excluding hydrogens is 336 g/mol. The molecule has 3 rings (SSSR count). The number of imidazole rings is 1. The summed E-state index contributed by atoms with van der Waals surface area (Å²) in [6, 6.07) is 5.79. The van der Waals surface area contributed by atoms with Crippen molar-refractivity contribution in [2.24, 2.45) is 7.05 Å². The van der Waals surface area contributed by atoms with Crippen LogP contribution in [0.1, 0.15) is 27.3 Å². The molecule has 25 heavy (non-hydrogen) atoms. The molecule has 0 aliphatic carbocycles. The number of hydrogen-bond donors (Lipinski definition) is 1. The minimum Gasteiger partial charge on any atom is -0.497 e. The third-order valence-corrected chi connectivity index (χ3v) is 4.89. The van der Waals surface area contributed by atoms with E-state index in [4.69, 9.17) is 9.47 Å². The summed E-state index contributed by atoms with van der Waals surface area (Å²) in [5, 5.41) is 4.65. The van der Waals surface area contributed by atoms with Crippen LogP contribution in [0.15, 0.2) is 36.8 Å². The van der Waals surface area contributed by atoms with Gasteiger partial charge in [0.1, 0.15) is 17.3 Å². The molecule has 0 amide bonds. The maximum Gasteiger partial charge on any atom is 0.130 e. The van der Waals surface area contributed by atoms with Crippen LogP contribution in [0.2, 0.25) is 0 Å². The van der Waals surface area contributed by atoms with E-state index in [2.05, 4.69) is 15.3 Å². The zero-order valence-electron chi connectivity index (χ0n) is 14.8. The summed E-state index contributed by atoms with van der Waals surface area (Å²) in [7, 11) is 5.30. The Morgan fingerprint density at radius 2 is 1.88 bits per heavy atom. The normalized spacial score (nSPS) is 12.2. The molecule has 1 atom stereocenters. The number of hydrogen-bond acceptors (Lipinski definition) is 6. The summed E-state index contributed by atoms with van der Waals surface area (Å²) >= 11 is 1.69. The van der Waals surface area contributed by atoms with Gasteiger partial charge in [-0.2, -0.15) is 0 Å². The van der Waals surface area contributed by atoms with Gasteiger partial charge in [-0.25, -0.2) is 9.97 Å². The van der Waals surface area contributed by atoms with Crippen LogP contribution in [0, 0.1) is 6.92 Å². The van der Waals surface area contributed by atoms with Gasteiger partial charge in [0, 0.05) is 43.1 Å². The van der Waals surface area contributed by atoms with Gasteiger partial charge in [-0.1, -0.05) is 0 Å². The van der Waals surface area contributed by atoms with Crippen LogP contribution in [-0.2, 0) is 13.6 Å². The number of aryl methyl sites for hydroxylation is 2. The molecule has 0 fully saturated rings. The number of nitrogens with zero attached hydrogens (tertiary/aromatic N) is 3. The number of nitrogens with one attached hydrogen (secondary N) is 1. The van der Waals surface area contributed by atoms with E-state index in [0.717, 1.165) is 27.9 Å². The summed E-state index contributed by atoms with van der Waals surface area (Å²) in [5.41, 5.74) is 1.03.